The van der Waals surface area contributed by atoms with Crippen LogP contribution in [-0.2, 0) is 25.8 Å². The zero-order valence-corrected chi connectivity index (χ0v) is 23.1. The molecule has 2 N–H and O–H groups in total. The molecule has 1 heterocycles. The number of halogens is 1. The number of amides is 1. The molecule has 0 saturated carbocycles. The Labute approximate surface area is 236 Å². The second-order valence-electron chi connectivity index (χ2n) is 9.41. The van der Waals surface area contributed by atoms with Crippen molar-refractivity contribution in [3.63, 3.8) is 0 Å². The first-order valence-electron chi connectivity index (χ1n) is 12.2. The third kappa shape index (κ3) is 5.50. The zero-order chi connectivity index (χ0) is 28.6. The van der Waals surface area contributed by atoms with Crippen LogP contribution >= 0.6 is 11.6 Å². The summed E-state index contributed by atoms with van der Waals surface area (Å²) in [6, 6.07) is 23.1. The number of fused-ring (bicyclic) bond motifs is 1. The van der Waals surface area contributed by atoms with Crippen molar-refractivity contribution in [1.82, 2.24) is 0 Å². The minimum Gasteiger partial charge on any atom is -0.496 e. The number of benzene rings is 4. The second-order valence-corrected chi connectivity index (χ2v) is 11.8. The Morgan fingerprint density at radius 2 is 1.55 bits per heavy atom. The summed E-state index contributed by atoms with van der Waals surface area (Å²) >= 11 is 6.62. The van der Waals surface area contributed by atoms with E-state index in [0.29, 0.717) is 38.7 Å². The number of sulfone groups is 1. The molecule has 0 fully saturated rings. The molecular formula is C31H24ClNO6S. The highest BCUT2D eigenvalue weighted by Crippen LogP contribution is 2.41. The number of anilines is 1. The number of carboxylic acids is 1. The fourth-order valence-electron chi connectivity index (χ4n) is 4.67. The van der Waals surface area contributed by atoms with Gasteiger partial charge in [0.2, 0.25) is 0 Å². The summed E-state index contributed by atoms with van der Waals surface area (Å²) in [6.45, 7) is 0. The van der Waals surface area contributed by atoms with E-state index in [0.717, 1.165) is 22.3 Å². The van der Waals surface area contributed by atoms with E-state index in [1.807, 2.05) is 30.3 Å². The quantitative estimate of drug-likeness (QED) is 0.255. The molecule has 4 aromatic carbocycles. The molecule has 7 nitrogen and oxygen atoms in total. The van der Waals surface area contributed by atoms with Crippen LogP contribution in [0.4, 0.5) is 5.69 Å². The van der Waals surface area contributed by atoms with Gasteiger partial charge in [-0.1, -0.05) is 54.1 Å². The van der Waals surface area contributed by atoms with Crippen LogP contribution in [0.5, 0.6) is 5.75 Å². The summed E-state index contributed by atoms with van der Waals surface area (Å²) in [6.07, 6.45) is 2.68. The lowest BCUT2D eigenvalue weighted by Gasteiger charge is -2.10. The van der Waals surface area contributed by atoms with Gasteiger partial charge >= 0.3 is 5.97 Å². The van der Waals surface area contributed by atoms with E-state index >= 15 is 0 Å². The molecule has 0 bridgehead atoms. The minimum absolute atomic E-state index is 0.208. The van der Waals surface area contributed by atoms with Gasteiger partial charge in [-0.05, 0) is 64.7 Å². The molecule has 5 rings (SSSR count). The number of carboxylic acid groups (broad SMARTS) is 1. The lowest BCUT2D eigenvalue weighted by atomic mass is 9.96. The van der Waals surface area contributed by atoms with Crippen molar-refractivity contribution in [2.75, 3.05) is 18.7 Å². The van der Waals surface area contributed by atoms with Gasteiger partial charge in [-0.2, -0.15) is 0 Å². The Hall–Kier alpha value is -4.40. The van der Waals surface area contributed by atoms with E-state index < -0.39 is 15.8 Å². The van der Waals surface area contributed by atoms with E-state index in [9.17, 15) is 23.1 Å². The van der Waals surface area contributed by atoms with Crippen LogP contribution in [0, 0.1) is 0 Å². The van der Waals surface area contributed by atoms with Crippen LogP contribution < -0.4 is 10.1 Å². The molecule has 1 amide bonds. The van der Waals surface area contributed by atoms with Crippen molar-refractivity contribution in [1.29, 1.82) is 0 Å². The fraction of sp³-hybridized carbons (Fsp3) is 0.0968. The molecule has 0 unspecified atom stereocenters. The molecule has 0 radical (unpaired) electrons. The minimum atomic E-state index is -3.27. The van der Waals surface area contributed by atoms with Crippen molar-refractivity contribution >= 4 is 50.7 Å². The number of hydrogen-bond acceptors (Lipinski definition) is 5. The van der Waals surface area contributed by atoms with Crippen molar-refractivity contribution < 1.29 is 27.9 Å². The number of carbonyl (C=O) groups excluding carboxylic acids is 1. The SMILES string of the molecule is COc1ccc(/C=C2\C(=O)Nc3cc(Cl)c(-c4ccc(-c5ccc(S(C)(=O)=O)cc5)cc4)cc32)cc1CC(=O)O. The summed E-state index contributed by atoms with van der Waals surface area (Å²) in [5, 5.41) is 12.6. The highest BCUT2D eigenvalue weighted by Gasteiger charge is 2.26. The zero-order valence-electron chi connectivity index (χ0n) is 21.6. The van der Waals surface area contributed by atoms with Gasteiger partial charge < -0.3 is 15.2 Å². The van der Waals surface area contributed by atoms with E-state index in [1.165, 1.54) is 13.4 Å². The van der Waals surface area contributed by atoms with Crippen molar-refractivity contribution in [2.45, 2.75) is 11.3 Å². The number of ether oxygens (including phenoxy) is 1. The third-order valence-corrected chi connectivity index (χ3v) is 8.10. The molecule has 0 saturated heterocycles. The maximum atomic E-state index is 12.9. The topological polar surface area (TPSA) is 110 Å². The van der Waals surface area contributed by atoms with Crippen LogP contribution in [0.15, 0.2) is 83.8 Å². The lowest BCUT2D eigenvalue weighted by molar-refractivity contribution is -0.136. The predicted molar refractivity (Wildman–Crippen MR) is 156 cm³/mol. The summed E-state index contributed by atoms with van der Waals surface area (Å²) in [7, 11) is -1.79. The molecular weight excluding hydrogens is 550 g/mol. The number of hydrogen-bond donors (Lipinski definition) is 2. The molecule has 0 atom stereocenters. The molecule has 4 aromatic rings. The molecule has 202 valence electrons. The number of aliphatic carboxylic acids is 1. The maximum Gasteiger partial charge on any atom is 0.307 e. The standard InChI is InChI=1S/C31H24ClNO6S/c1-39-29-12-3-18(13-22(29)15-30(34)35)14-26-25-16-24(27(32)17-28(25)33-31(26)36)21-6-4-19(5-7-21)20-8-10-23(11-9-20)40(2,37)38/h3-14,16-17H,15H2,1-2H3,(H,33,36)(H,34,35)/b26-14-. The molecule has 1 aliphatic heterocycles. The van der Waals surface area contributed by atoms with Crippen LogP contribution in [0.3, 0.4) is 0 Å². The monoisotopic (exact) mass is 573 g/mol. The Balaban J connectivity index is 1.49. The van der Waals surface area contributed by atoms with Crippen molar-refractivity contribution in [2.24, 2.45) is 0 Å². The Kier molecular flexibility index (Phi) is 7.23. The largest absolute Gasteiger partial charge is 0.496 e. The maximum absolute atomic E-state index is 12.9. The molecule has 0 spiro atoms. The molecule has 9 heteroatoms. The van der Waals surface area contributed by atoms with E-state index in [-0.39, 0.29) is 17.2 Å². The predicted octanol–water partition coefficient (Wildman–Crippen LogP) is 6.21. The summed E-state index contributed by atoms with van der Waals surface area (Å²) in [5.74, 6) is -0.806. The first-order chi connectivity index (χ1) is 19.0. The van der Waals surface area contributed by atoms with Gasteiger partial charge in [0.05, 0.1) is 29.1 Å². The first-order valence-corrected chi connectivity index (χ1v) is 14.5. The Bertz CT molecular complexity index is 1790. The van der Waals surface area contributed by atoms with Crippen molar-refractivity contribution in [3.8, 4) is 28.0 Å². The number of carbonyl (C=O) groups is 2. The fourth-order valence-corrected chi connectivity index (χ4v) is 5.57. The van der Waals surface area contributed by atoms with Crippen LogP contribution in [0.1, 0.15) is 16.7 Å². The average molecular weight is 574 g/mol. The van der Waals surface area contributed by atoms with E-state index in [1.54, 1.807) is 54.6 Å². The van der Waals surface area contributed by atoms with Crippen molar-refractivity contribution in [3.05, 3.63) is 101 Å². The smallest absolute Gasteiger partial charge is 0.307 e. The van der Waals surface area contributed by atoms with E-state index in [2.05, 4.69) is 5.32 Å². The molecule has 0 aliphatic carbocycles. The van der Waals surface area contributed by atoms with Crippen LogP contribution in [0.2, 0.25) is 5.02 Å². The van der Waals surface area contributed by atoms with E-state index in [4.69, 9.17) is 16.3 Å². The number of methoxy groups -OCH3 is 1. The van der Waals surface area contributed by atoms with Crippen LogP contribution in [0.25, 0.3) is 33.9 Å². The molecule has 40 heavy (non-hydrogen) atoms. The van der Waals surface area contributed by atoms with Gasteiger partial charge in [0.15, 0.2) is 9.84 Å². The highest BCUT2D eigenvalue weighted by molar-refractivity contribution is 7.90. The van der Waals surface area contributed by atoms with Gasteiger partial charge in [0.25, 0.3) is 5.91 Å². The Morgan fingerprint density at radius 1 is 0.925 bits per heavy atom. The Morgan fingerprint density at radius 3 is 2.15 bits per heavy atom. The average Bonchev–Trinajstić information content (AvgIpc) is 3.21. The summed E-state index contributed by atoms with van der Waals surface area (Å²) < 4.78 is 28.8. The van der Waals surface area contributed by atoms with Gasteiger partial charge in [-0.15, -0.1) is 0 Å². The normalized spacial score (nSPS) is 13.7. The van der Waals surface area contributed by atoms with Gasteiger partial charge in [0, 0.05) is 28.5 Å². The van der Waals surface area contributed by atoms with Gasteiger partial charge in [-0.25, -0.2) is 8.42 Å². The number of rotatable bonds is 7. The molecule has 0 aromatic heterocycles. The van der Waals surface area contributed by atoms with Crippen LogP contribution in [-0.4, -0.2) is 38.8 Å². The van der Waals surface area contributed by atoms with Gasteiger partial charge in [-0.3, -0.25) is 9.59 Å². The highest BCUT2D eigenvalue weighted by atomic mass is 35.5. The second kappa shape index (κ2) is 10.6. The van der Waals surface area contributed by atoms with Gasteiger partial charge in [0.1, 0.15) is 5.75 Å². The molecule has 1 aliphatic rings. The third-order valence-electron chi connectivity index (χ3n) is 6.66. The number of nitrogens with one attached hydrogen (secondary N) is 1. The first kappa shape index (κ1) is 27.2. The summed E-state index contributed by atoms with van der Waals surface area (Å²) in [4.78, 5) is 24.4. The summed E-state index contributed by atoms with van der Waals surface area (Å²) in [5.41, 5.74) is 6.24. The lowest BCUT2D eigenvalue weighted by Crippen LogP contribution is -2.04.